The van der Waals surface area contributed by atoms with Crippen molar-refractivity contribution in [3.63, 3.8) is 0 Å². The standard InChI is InChI=1S/C22H22BrClN2O4S2/c23-15-5-10-19-20(13-15)31-22(25-19)26(14-17-3-1-11-30-17)21(27)4-2-12-32(28,29)18-8-6-16(24)7-9-18/h5-10,13,17H,1-4,11-12,14H2. The van der Waals surface area contributed by atoms with Gasteiger partial charge in [0.1, 0.15) is 0 Å². The van der Waals surface area contributed by atoms with Crippen LogP contribution in [0.15, 0.2) is 51.8 Å². The van der Waals surface area contributed by atoms with Gasteiger partial charge in [0, 0.05) is 22.5 Å². The van der Waals surface area contributed by atoms with E-state index in [9.17, 15) is 13.2 Å². The predicted octanol–water partition coefficient (Wildman–Crippen LogP) is 5.48. The summed E-state index contributed by atoms with van der Waals surface area (Å²) in [5.74, 6) is -0.258. The molecule has 2 aromatic carbocycles. The van der Waals surface area contributed by atoms with Crippen molar-refractivity contribution in [2.75, 3.05) is 23.8 Å². The van der Waals surface area contributed by atoms with Crippen LogP contribution < -0.4 is 4.90 Å². The molecule has 4 rings (SSSR count). The summed E-state index contributed by atoms with van der Waals surface area (Å²) in [6, 6.07) is 11.9. The molecule has 1 atom stereocenters. The van der Waals surface area contributed by atoms with Crippen LogP contribution in [-0.4, -0.2) is 44.3 Å². The number of hydrogen-bond acceptors (Lipinski definition) is 6. The summed E-state index contributed by atoms with van der Waals surface area (Å²) in [5, 5.41) is 1.09. The van der Waals surface area contributed by atoms with E-state index in [-0.39, 0.29) is 35.5 Å². The van der Waals surface area contributed by atoms with Crippen molar-refractivity contribution >= 4 is 70.0 Å². The smallest absolute Gasteiger partial charge is 0.228 e. The van der Waals surface area contributed by atoms with Gasteiger partial charge < -0.3 is 4.74 Å². The Labute approximate surface area is 204 Å². The Morgan fingerprint density at radius 2 is 2.03 bits per heavy atom. The first-order valence-corrected chi connectivity index (χ1v) is 13.9. The molecule has 170 valence electrons. The molecule has 10 heteroatoms. The normalized spacial score (nSPS) is 16.5. The van der Waals surface area contributed by atoms with E-state index in [0.717, 1.165) is 27.5 Å². The first-order chi connectivity index (χ1) is 15.3. The molecule has 0 aliphatic carbocycles. The molecular formula is C22H22BrClN2O4S2. The predicted molar refractivity (Wildman–Crippen MR) is 131 cm³/mol. The zero-order chi connectivity index (χ0) is 22.7. The quantitative estimate of drug-likeness (QED) is 0.367. The molecule has 3 aromatic rings. The number of sulfone groups is 1. The Morgan fingerprint density at radius 1 is 1.25 bits per heavy atom. The lowest BCUT2D eigenvalue weighted by Gasteiger charge is -2.23. The van der Waals surface area contributed by atoms with Crippen molar-refractivity contribution in [2.24, 2.45) is 0 Å². The Balaban J connectivity index is 1.47. The second-order valence-electron chi connectivity index (χ2n) is 7.62. The number of benzene rings is 2. The number of hydrogen-bond donors (Lipinski definition) is 0. The monoisotopic (exact) mass is 556 g/mol. The number of amides is 1. The minimum absolute atomic E-state index is 0.0319. The maximum atomic E-state index is 13.2. The van der Waals surface area contributed by atoms with E-state index in [4.69, 9.17) is 16.3 Å². The van der Waals surface area contributed by atoms with Crippen molar-refractivity contribution in [3.05, 3.63) is 52.0 Å². The van der Waals surface area contributed by atoms with Crippen LogP contribution in [0.1, 0.15) is 25.7 Å². The fraction of sp³-hybridized carbons (Fsp3) is 0.364. The van der Waals surface area contributed by atoms with E-state index in [0.29, 0.717) is 23.3 Å². The van der Waals surface area contributed by atoms with Crippen LogP contribution in [0.2, 0.25) is 5.02 Å². The Morgan fingerprint density at radius 3 is 2.75 bits per heavy atom. The summed E-state index contributed by atoms with van der Waals surface area (Å²) in [6.45, 7) is 1.11. The van der Waals surface area contributed by atoms with E-state index in [1.165, 1.54) is 23.5 Å². The van der Waals surface area contributed by atoms with Crippen LogP contribution in [0.3, 0.4) is 0 Å². The molecule has 2 heterocycles. The van der Waals surface area contributed by atoms with Crippen molar-refractivity contribution in [1.82, 2.24) is 4.98 Å². The molecule has 1 fully saturated rings. The molecule has 1 aliphatic heterocycles. The third-order valence-corrected chi connectivity index (χ3v) is 8.86. The topological polar surface area (TPSA) is 76.6 Å². The molecule has 0 N–H and O–H groups in total. The fourth-order valence-corrected chi connectivity index (χ4v) is 6.57. The summed E-state index contributed by atoms with van der Waals surface area (Å²) < 4.78 is 32.8. The molecule has 1 unspecified atom stereocenters. The number of ether oxygens (including phenoxy) is 1. The first-order valence-electron chi connectivity index (χ1n) is 10.3. The van der Waals surface area contributed by atoms with E-state index in [1.807, 2.05) is 18.2 Å². The molecule has 1 saturated heterocycles. The van der Waals surface area contributed by atoms with Gasteiger partial charge in [-0.2, -0.15) is 0 Å². The molecule has 6 nitrogen and oxygen atoms in total. The minimum atomic E-state index is -3.48. The molecule has 1 amide bonds. The summed E-state index contributed by atoms with van der Waals surface area (Å²) in [7, 11) is -3.48. The van der Waals surface area contributed by atoms with Crippen molar-refractivity contribution < 1.29 is 17.9 Å². The van der Waals surface area contributed by atoms with Gasteiger partial charge in [-0.1, -0.05) is 38.9 Å². The van der Waals surface area contributed by atoms with Crippen LogP contribution in [0, 0.1) is 0 Å². The molecule has 0 saturated carbocycles. The number of aromatic nitrogens is 1. The van der Waals surface area contributed by atoms with Crippen LogP contribution in [0.4, 0.5) is 5.13 Å². The Kier molecular flexibility index (Phi) is 7.51. The Bertz CT molecular complexity index is 1210. The molecule has 0 bridgehead atoms. The number of fused-ring (bicyclic) bond motifs is 1. The second kappa shape index (κ2) is 10.2. The van der Waals surface area contributed by atoms with Gasteiger partial charge in [-0.15, -0.1) is 0 Å². The minimum Gasteiger partial charge on any atom is -0.376 e. The van der Waals surface area contributed by atoms with Crippen molar-refractivity contribution in [3.8, 4) is 0 Å². The van der Waals surface area contributed by atoms with Gasteiger partial charge in [0.2, 0.25) is 5.91 Å². The number of anilines is 1. The van der Waals surface area contributed by atoms with Gasteiger partial charge in [-0.25, -0.2) is 13.4 Å². The number of thiazole rings is 1. The Hall–Kier alpha value is -1.52. The zero-order valence-electron chi connectivity index (χ0n) is 17.2. The average molecular weight is 558 g/mol. The van der Waals surface area contributed by atoms with Gasteiger partial charge in [0.25, 0.3) is 0 Å². The van der Waals surface area contributed by atoms with E-state index in [1.54, 1.807) is 17.0 Å². The maximum absolute atomic E-state index is 13.2. The highest BCUT2D eigenvalue weighted by Gasteiger charge is 2.26. The lowest BCUT2D eigenvalue weighted by molar-refractivity contribution is -0.119. The van der Waals surface area contributed by atoms with Crippen LogP contribution in [-0.2, 0) is 19.4 Å². The molecule has 1 aliphatic rings. The average Bonchev–Trinajstić information content (AvgIpc) is 3.41. The summed E-state index contributed by atoms with van der Waals surface area (Å²) >= 11 is 10.8. The number of nitrogens with zero attached hydrogens (tertiary/aromatic N) is 2. The van der Waals surface area contributed by atoms with Gasteiger partial charge in [0.05, 0.1) is 33.5 Å². The number of halogens is 2. The van der Waals surface area contributed by atoms with Gasteiger partial charge >= 0.3 is 0 Å². The number of rotatable bonds is 8. The highest BCUT2D eigenvalue weighted by atomic mass is 79.9. The molecule has 0 spiro atoms. The summed E-state index contributed by atoms with van der Waals surface area (Å²) in [4.78, 5) is 19.7. The van der Waals surface area contributed by atoms with Crippen LogP contribution in [0.5, 0.6) is 0 Å². The third kappa shape index (κ3) is 5.69. The summed E-state index contributed by atoms with van der Waals surface area (Å²) in [6.07, 6.45) is 2.17. The van der Waals surface area contributed by atoms with Gasteiger partial charge in [-0.3, -0.25) is 9.69 Å². The molecule has 0 radical (unpaired) electrons. The zero-order valence-corrected chi connectivity index (χ0v) is 21.1. The van der Waals surface area contributed by atoms with Gasteiger partial charge in [0.15, 0.2) is 15.0 Å². The maximum Gasteiger partial charge on any atom is 0.228 e. The van der Waals surface area contributed by atoms with Crippen LogP contribution in [0.25, 0.3) is 10.2 Å². The summed E-state index contributed by atoms with van der Waals surface area (Å²) in [5.41, 5.74) is 0.823. The van der Waals surface area contributed by atoms with E-state index < -0.39 is 9.84 Å². The van der Waals surface area contributed by atoms with Gasteiger partial charge in [-0.05, 0) is 61.7 Å². The number of carbonyl (C=O) groups is 1. The highest BCUT2D eigenvalue weighted by Crippen LogP contribution is 2.32. The number of carbonyl (C=O) groups excluding carboxylic acids is 1. The third-order valence-electron chi connectivity index (χ3n) is 5.26. The first kappa shape index (κ1) is 23.6. The molecular weight excluding hydrogens is 536 g/mol. The lowest BCUT2D eigenvalue weighted by atomic mass is 10.2. The fourth-order valence-electron chi connectivity index (χ4n) is 3.59. The molecule has 32 heavy (non-hydrogen) atoms. The van der Waals surface area contributed by atoms with Crippen LogP contribution >= 0.6 is 38.9 Å². The van der Waals surface area contributed by atoms with Crippen molar-refractivity contribution in [2.45, 2.75) is 36.7 Å². The second-order valence-corrected chi connectivity index (χ2v) is 12.1. The highest BCUT2D eigenvalue weighted by molar-refractivity contribution is 9.10. The van der Waals surface area contributed by atoms with E-state index in [2.05, 4.69) is 20.9 Å². The van der Waals surface area contributed by atoms with E-state index >= 15 is 0 Å². The van der Waals surface area contributed by atoms with Crippen molar-refractivity contribution in [1.29, 1.82) is 0 Å². The molecule has 1 aromatic heterocycles. The SMILES string of the molecule is O=C(CCCS(=O)(=O)c1ccc(Cl)cc1)N(CC1CCCO1)c1nc2ccc(Br)cc2s1. The lowest BCUT2D eigenvalue weighted by Crippen LogP contribution is -2.37. The largest absolute Gasteiger partial charge is 0.376 e.